The van der Waals surface area contributed by atoms with Crippen molar-refractivity contribution in [2.45, 2.75) is 75.2 Å². The number of hydrogen-bond acceptors (Lipinski definition) is 4. The second kappa shape index (κ2) is 9.55. The number of aliphatic hydroxyl groups is 1. The Morgan fingerprint density at radius 2 is 2.08 bits per heavy atom. The van der Waals surface area contributed by atoms with Crippen LogP contribution in [-0.2, 0) is 23.1 Å². The summed E-state index contributed by atoms with van der Waals surface area (Å²) in [5.41, 5.74) is 1.86. The highest BCUT2D eigenvalue weighted by Crippen LogP contribution is 2.64. The van der Waals surface area contributed by atoms with Crippen molar-refractivity contribution in [2.75, 3.05) is 19.6 Å². The zero-order valence-electron chi connectivity index (χ0n) is 22.1. The Morgan fingerprint density at radius 3 is 2.82 bits per heavy atom. The van der Waals surface area contributed by atoms with Crippen LogP contribution in [0.15, 0.2) is 49.1 Å². The molecule has 202 valence electrons. The molecule has 2 aliphatic carbocycles. The van der Waals surface area contributed by atoms with E-state index in [4.69, 9.17) is 27.9 Å². The Morgan fingerprint density at radius 1 is 1.26 bits per heavy atom. The fourth-order valence-electron chi connectivity index (χ4n) is 8.02. The van der Waals surface area contributed by atoms with E-state index < -0.39 is 11.0 Å². The van der Waals surface area contributed by atoms with Crippen LogP contribution in [0.3, 0.4) is 0 Å². The lowest BCUT2D eigenvalue weighted by atomic mass is 9.48. The molecule has 2 aliphatic heterocycles. The van der Waals surface area contributed by atoms with Gasteiger partial charge in [-0.1, -0.05) is 61.3 Å². The molecule has 5 nitrogen and oxygen atoms in total. The first-order valence-corrected chi connectivity index (χ1v) is 14.5. The summed E-state index contributed by atoms with van der Waals surface area (Å²) < 4.78 is 6.82. The standard InChI is InChI=1S/C31H36Cl2N2O3/c1-4-13-34-14-12-30-28-21-6-5-7-25(28)38-29(30)24(10-11-31(30,37)26(34)17-21)35(18-19(2)3)27(36)16-20-8-9-22(32)23(33)15-20/h4-9,15,19,24,26,29,37H,1,10-14,16-18H2,2-3H3/t24-,26-,29+,30+,31-/m1/s1. The van der Waals surface area contributed by atoms with Crippen LogP contribution in [0, 0.1) is 5.92 Å². The molecule has 1 saturated heterocycles. The van der Waals surface area contributed by atoms with Crippen molar-refractivity contribution in [1.29, 1.82) is 0 Å². The van der Waals surface area contributed by atoms with Crippen molar-refractivity contribution in [2.24, 2.45) is 5.92 Å². The Kier molecular flexibility index (Phi) is 6.58. The average Bonchev–Trinajstić information content (AvgIpc) is 3.21. The molecule has 1 spiro atoms. The summed E-state index contributed by atoms with van der Waals surface area (Å²) in [5.74, 6) is 1.23. The molecule has 2 aromatic carbocycles. The quantitative estimate of drug-likeness (QED) is 0.463. The first kappa shape index (κ1) is 26.2. The third kappa shape index (κ3) is 3.76. The van der Waals surface area contributed by atoms with Crippen LogP contribution in [0.4, 0.5) is 0 Å². The van der Waals surface area contributed by atoms with Crippen molar-refractivity contribution >= 4 is 29.1 Å². The van der Waals surface area contributed by atoms with Crippen LogP contribution in [0.1, 0.15) is 49.8 Å². The van der Waals surface area contributed by atoms with Crippen molar-refractivity contribution in [1.82, 2.24) is 9.80 Å². The predicted octanol–water partition coefficient (Wildman–Crippen LogP) is 5.43. The maximum Gasteiger partial charge on any atom is 0.227 e. The maximum absolute atomic E-state index is 14.0. The summed E-state index contributed by atoms with van der Waals surface area (Å²) >= 11 is 12.4. The molecular formula is C31H36Cl2N2O3. The van der Waals surface area contributed by atoms with Crippen LogP contribution in [-0.4, -0.2) is 64.2 Å². The number of carbonyl (C=O) groups excluding carboxylic acids is 1. The number of nitrogens with zero attached hydrogens (tertiary/aromatic N) is 2. The van der Waals surface area contributed by atoms with Crippen LogP contribution < -0.4 is 4.74 Å². The number of benzene rings is 2. The van der Waals surface area contributed by atoms with Crippen LogP contribution in [0.25, 0.3) is 0 Å². The van der Waals surface area contributed by atoms with Gasteiger partial charge in [-0.05, 0) is 67.5 Å². The van der Waals surface area contributed by atoms with Gasteiger partial charge in [0.25, 0.3) is 0 Å². The molecule has 2 heterocycles. The average molecular weight is 556 g/mol. The zero-order chi connectivity index (χ0) is 26.8. The number of ether oxygens (including phenoxy) is 1. The number of likely N-dealkylation sites (tertiary alicyclic amines) is 1. The monoisotopic (exact) mass is 554 g/mol. The molecule has 7 heteroatoms. The summed E-state index contributed by atoms with van der Waals surface area (Å²) in [7, 11) is 0. The molecule has 2 bridgehead atoms. The van der Waals surface area contributed by atoms with Gasteiger partial charge in [0.1, 0.15) is 11.9 Å². The van der Waals surface area contributed by atoms with Gasteiger partial charge in [-0.2, -0.15) is 0 Å². The Balaban J connectivity index is 1.40. The van der Waals surface area contributed by atoms with E-state index in [1.165, 1.54) is 11.1 Å². The number of carbonyl (C=O) groups is 1. The summed E-state index contributed by atoms with van der Waals surface area (Å²) in [4.78, 5) is 18.4. The van der Waals surface area contributed by atoms with Gasteiger partial charge < -0.3 is 14.7 Å². The highest BCUT2D eigenvalue weighted by atomic mass is 35.5. The lowest BCUT2D eigenvalue weighted by Gasteiger charge is -2.64. The number of hydrogen-bond donors (Lipinski definition) is 1. The van der Waals surface area contributed by atoms with Gasteiger partial charge in [0, 0.05) is 24.7 Å². The SMILES string of the molecule is C=CCN1CC[C@]23c4c5cccc4O[C@H]2[C@H](N(CC(C)C)C(=O)Cc2ccc(Cl)c(Cl)c2)CC[C@@]3(O)[C@H]1C5. The minimum absolute atomic E-state index is 0.00705. The third-order valence-corrected chi connectivity index (χ3v) is 10.2. The van der Waals surface area contributed by atoms with E-state index in [0.29, 0.717) is 35.3 Å². The Hall–Kier alpha value is -2.05. The van der Waals surface area contributed by atoms with E-state index in [1.54, 1.807) is 12.1 Å². The van der Waals surface area contributed by atoms with Crippen LogP contribution >= 0.6 is 23.2 Å². The van der Waals surface area contributed by atoms with E-state index in [-0.39, 0.29) is 30.5 Å². The molecule has 6 rings (SSSR count). The minimum Gasteiger partial charge on any atom is -0.487 e. The van der Waals surface area contributed by atoms with Crippen LogP contribution in [0.5, 0.6) is 5.75 Å². The molecule has 1 saturated carbocycles. The van der Waals surface area contributed by atoms with Gasteiger partial charge in [0.2, 0.25) is 5.91 Å². The number of halogens is 2. The van der Waals surface area contributed by atoms with E-state index in [1.807, 2.05) is 23.1 Å². The number of piperidine rings is 1. The van der Waals surface area contributed by atoms with Gasteiger partial charge >= 0.3 is 0 Å². The smallest absolute Gasteiger partial charge is 0.227 e. The second-order valence-electron chi connectivity index (χ2n) is 11.9. The highest BCUT2D eigenvalue weighted by Gasteiger charge is 2.73. The normalized spacial score (nSPS) is 31.1. The van der Waals surface area contributed by atoms with Gasteiger partial charge in [-0.25, -0.2) is 0 Å². The molecular weight excluding hydrogens is 519 g/mol. The highest BCUT2D eigenvalue weighted by molar-refractivity contribution is 6.42. The fraction of sp³-hybridized carbons (Fsp3) is 0.516. The molecule has 0 radical (unpaired) electrons. The van der Waals surface area contributed by atoms with Crippen LogP contribution in [0.2, 0.25) is 10.0 Å². The summed E-state index contributed by atoms with van der Waals surface area (Å²) in [6, 6.07) is 11.6. The fourth-order valence-corrected chi connectivity index (χ4v) is 8.34. The van der Waals surface area contributed by atoms with E-state index in [0.717, 1.165) is 37.2 Å². The van der Waals surface area contributed by atoms with Crippen molar-refractivity contribution in [3.8, 4) is 5.75 Å². The number of rotatable bonds is 7. The van der Waals surface area contributed by atoms with Gasteiger partial charge in [0.15, 0.2) is 0 Å². The van der Waals surface area contributed by atoms with E-state index in [2.05, 4.69) is 37.5 Å². The minimum atomic E-state index is -0.911. The summed E-state index contributed by atoms with van der Waals surface area (Å²) in [5, 5.41) is 13.6. The molecule has 38 heavy (non-hydrogen) atoms. The van der Waals surface area contributed by atoms with E-state index in [9.17, 15) is 9.90 Å². The predicted molar refractivity (Wildman–Crippen MR) is 151 cm³/mol. The second-order valence-corrected chi connectivity index (χ2v) is 12.8. The largest absolute Gasteiger partial charge is 0.487 e. The first-order chi connectivity index (χ1) is 18.2. The van der Waals surface area contributed by atoms with Crippen molar-refractivity contribution in [3.05, 3.63) is 75.8 Å². The summed E-state index contributed by atoms with van der Waals surface area (Å²) in [6.07, 6.45) is 4.84. The topological polar surface area (TPSA) is 53.0 Å². The molecule has 0 aromatic heterocycles. The molecule has 4 aliphatic rings. The van der Waals surface area contributed by atoms with Gasteiger partial charge in [-0.3, -0.25) is 9.69 Å². The van der Waals surface area contributed by atoms with E-state index >= 15 is 0 Å². The van der Waals surface area contributed by atoms with Gasteiger partial charge in [-0.15, -0.1) is 6.58 Å². The first-order valence-electron chi connectivity index (χ1n) is 13.8. The lowest BCUT2D eigenvalue weighted by molar-refractivity contribution is -0.200. The van der Waals surface area contributed by atoms with Gasteiger partial charge in [0.05, 0.1) is 33.5 Å². The van der Waals surface area contributed by atoms with Crippen molar-refractivity contribution < 1.29 is 14.6 Å². The molecule has 5 atom stereocenters. The third-order valence-electron chi connectivity index (χ3n) is 9.43. The molecule has 0 unspecified atom stereocenters. The molecule has 2 fully saturated rings. The maximum atomic E-state index is 14.0. The Labute approximate surface area is 235 Å². The molecule has 1 amide bonds. The Bertz CT molecular complexity index is 1280. The zero-order valence-corrected chi connectivity index (χ0v) is 23.6. The molecule has 1 N–H and O–H groups in total. The number of amides is 1. The van der Waals surface area contributed by atoms with Crippen molar-refractivity contribution in [3.63, 3.8) is 0 Å². The molecule has 2 aromatic rings. The lowest BCUT2D eigenvalue weighted by Crippen LogP contribution is -2.78. The summed E-state index contributed by atoms with van der Waals surface area (Å²) in [6.45, 7) is 10.5.